The molecule has 0 amide bonds. The van der Waals surface area contributed by atoms with E-state index in [9.17, 15) is 0 Å². The molecular weight excluding hydrogens is 280 g/mol. The van der Waals surface area contributed by atoms with Gasteiger partial charge in [-0.05, 0) is 42.6 Å². The van der Waals surface area contributed by atoms with Crippen LogP contribution in [-0.2, 0) is 0 Å². The van der Waals surface area contributed by atoms with Crippen molar-refractivity contribution in [3.8, 4) is 0 Å². The molecule has 0 bridgehead atoms. The molecule has 0 aliphatic carbocycles. The maximum Gasteiger partial charge on any atom is 0.180 e. The molecule has 0 aromatic carbocycles. The number of hydrogen-bond donors (Lipinski definition) is 0. The quantitative estimate of drug-likeness (QED) is 0.811. The van der Waals surface area contributed by atoms with Gasteiger partial charge in [0, 0.05) is 30.7 Å². The molecule has 1 aliphatic heterocycles. The minimum atomic E-state index is 0.167. The Hall–Kier alpha value is -1.10. The van der Waals surface area contributed by atoms with Gasteiger partial charge in [-0.25, -0.2) is 9.97 Å². The van der Waals surface area contributed by atoms with E-state index in [1.54, 1.807) is 0 Å². The van der Waals surface area contributed by atoms with Gasteiger partial charge in [0.1, 0.15) is 4.60 Å². The highest BCUT2D eigenvalue weighted by atomic mass is 79.9. The van der Waals surface area contributed by atoms with E-state index in [1.807, 2.05) is 23.0 Å². The van der Waals surface area contributed by atoms with Crippen molar-refractivity contribution in [2.75, 3.05) is 11.4 Å². The lowest BCUT2D eigenvalue weighted by Gasteiger charge is -2.32. The van der Waals surface area contributed by atoms with E-state index in [0.717, 1.165) is 22.6 Å². The second kappa shape index (κ2) is 3.70. The van der Waals surface area contributed by atoms with Crippen LogP contribution in [0.4, 0.5) is 5.82 Å². The van der Waals surface area contributed by atoms with E-state index in [4.69, 9.17) is 0 Å². The van der Waals surface area contributed by atoms with E-state index >= 15 is 0 Å². The monoisotopic (exact) mass is 294 g/mol. The molecule has 4 nitrogen and oxygen atoms in total. The molecule has 0 N–H and O–H groups in total. The van der Waals surface area contributed by atoms with Crippen LogP contribution in [0.5, 0.6) is 0 Å². The molecule has 3 heterocycles. The zero-order valence-electron chi connectivity index (χ0n) is 10.0. The van der Waals surface area contributed by atoms with Gasteiger partial charge in [-0.1, -0.05) is 0 Å². The van der Waals surface area contributed by atoms with Crippen LogP contribution in [0.1, 0.15) is 26.7 Å². The van der Waals surface area contributed by atoms with Crippen molar-refractivity contribution in [3.63, 3.8) is 0 Å². The highest BCUT2D eigenvalue weighted by molar-refractivity contribution is 9.10. The van der Waals surface area contributed by atoms with E-state index in [1.165, 1.54) is 12.8 Å². The Morgan fingerprint density at radius 2 is 2.24 bits per heavy atom. The van der Waals surface area contributed by atoms with Crippen LogP contribution in [-0.4, -0.2) is 26.5 Å². The summed E-state index contributed by atoms with van der Waals surface area (Å²) in [5.41, 5.74) is 1.10. The van der Waals surface area contributed by atoms with Crippen LogP contribution in [0.25, 0.3) is 5.65 Å². The summed E-state index contributed by atoms with van der Waals surface area (Å²) in [5.74, 6) is 0.979. The lowest BCUT2D eigenvalue weighted by atomic mass is 10.0. The summed E-state index contributed by atoms with van der Waals surface area (Å²) in [6.45, 7) is 5.59. The largest absolute Gasteiger partial charge is 0.348 e. The molecule has 0 atom stereocenters. The predicted molar refractivity (Wildman–Crippen MR) is 71.3 cm³/mol. The van der Waals surface area contributed by atoms with Gasteiger partial charge in [0.15, 0.2) is 11.5 Å². The molecule has 1 aliphatic rings. The Labute approximate surface area is 109 Å². The highest BCUT2D eigenvalue weighted by Gasteiger charge is 2.34. The Morgan fingerprint density at radius 1 is 1.41 bits per heavy atom. The summed E-state index contributed by atoms with van der Waals surface area (Å²) in [5, 5.41) is 0. The van der Waals surface area contributed by atoms with Crippen molar-refractivity contribution >= 4 is 27.4 Å². The smallest absolute Gasteiger partial charge is 0.180 e. The van der Waals surface area contributed by atoms with Crippen LogP contribution >= 0.6 is 15.9 Å². The third kappa shape index (κ3) is 1.73. The molecule has 17 heavy (non-hydrogen) atoms. The number of hydrogen-bond acceptors (Lipinski definition) is 3. The normalized spacial score (nSPS) is 19.1. The molecule has 1 saturated heterocycles. The Kier molecular flexibility index (Phi) is 2.40. The number of aromatic nitrogens is 3. The number of halogens is 1. The predicted octanol–water partition coefficient (Wildman–Crippen LogP) is 2.87. The molecule has 3 rings (SSSR count). The molecule has 5 heteroatoms. The van der Waals surface area contributed by atoms with Crippen LogP contribution in [0, 0.1) is 0 Å². The van der Waals surface area contributed by atoms with Gasteiger partial charge in [0.25, 0.3) is 0 Å². The summed E-state index contributed by atoms with van der Waals surface area (Å²) in [6.07, 6.45) is 8.13. The van der Waals surface area contributed by atoms with Crippen molar-refractivity contribution in [1.29, 1.82) is 0 Å². The minimum Gasteiger partial charge on any atom is -0.348 e. The number of rotatable bonds is 1. The summed E-state index contributed by atoms with van der Waals surface area (Å²) < 4.78 is 2.86. The second-order valence-electron chi connectivity index (χ2n) is 5.11. The molecule has 0 radical (unpaired) electrons. The zero-order chi connectivity index (χ0) is 12.0. The lowest BCUT2D eigenvalue weighted by Crippen LogP contribution is -2.39. The van der Waals surface area contributed by atoms with Gasteiger partial charge >= 0.3 is 0 Å². The van der Waals surface area contributed by atoms with Crippen LogP contribution < -0.4 is 4.90 Å². The highest BCUT2D eigenvalue weighted by Crippen LogP contribution is 2.34. The maximum absolute atomic E-state index is 4.61. The summed E-state index contributed by atoms with van der Waals surface area (Å²) in [6, 6.07) is 0. The fourth-order valence-electron chi connectivity index (χ4n) is 2.57. The first-order chi connectivity index (χ1) is 8.08. The van der Waals surface area contributed by atoms with Crippen molar-refractivity contribution < 1.29 is 0 Å². The van der Waals surface area contributed by atoms with Crippen molar-refractivity contribution in [1.82, 2.24) is 14.4 Å². The number of anilines is 1. The van der Waals surface area contributed by atoms with Crippen molar-refractivity contribution in [2.24, 2.45) is 0 Å². The first-order valence-corrected chi connectivity index (χ1v) is 6.64. The molecule has 90 valence electrons. The van der Waals surface area contributed by atoms with Crippen molar-refractivity contribution in [3.05, 3.63) is 23.2 Å². The van der Waals surface area contributed by atoms with Crippen LogP contribution in [0.15, 0.2) is 23.2 Å². The number of imidazole rings is 1. The fourth-order valence-corrected chi connectivity index (χ4v) is 2.95. The Morgan fingerprint density at radius 3 is 2.94 bits per heavy atom. The first-order valence-electron chi connectivity index (χ1n) is 5.85. The average Bonchev–Trinajstić information content (AvgIpc) is 2.82. The van der Waals surface area contributed by atoms with E-state index in [2.05, 4.69) is 44.6 Å². The van der Waals surface area contributed by atoms with Crippen LogP contribution in [0.3, 0.4) is 0 Å². The van der Waals surface area contributed by atoms with Gasteiger partial charge in [-0.2, -0.15) is 0 Å². The Balaban J connectivity index is 2.19. The van der Waals surface area contributed by atoms with E-state index in [-0.39, 0.29) is 5.54 Å². The molecular formula is C12H15BrN4. The first kappa shape index (κ1) is 11.0. The minimum absolute atomic E-state index is 0.167. The standard InChI is InChI=1S/C12H15BrN4/c1-12(2)4-3-6-17(12)11-10-14-5-7-16(10)8-9(13)15-11/h5,7-8H,3-4,6H2,1-2H3. The lowest BCUT2D eigenvalue weighted by molar-refractivity contribution is 0.514. The van der Waals surface area contributed by atoms with E-state index in [0.29, 0.717) is 0 Å². The average molecular weight is 295 g/mol. The third-order valence-corrected chi connectivity index (χ3v) is 3.87. The molecule has 0 spiro atoms. The summed E-state index contributed by atoms with van der Waals surface area (Å²) in [4.78, 5) is 11.4. The second-order valence-corrected chi connectivity index (χ2v) is 5.93. The molecule has 2 aromatic rings. The molecule has 0 unspecified atom stereocenters. The van der Waals surface area contributed by atoms with Gasteiger partial charge < -0.3 is 9.30 Å². The van der Waals surface area contributed by atoms with Crippen LogP contribution in [0.2, 0.25) is 0 Å². The topological polar surface area (TPSA) is 33.4 Å². The van der Waals surface area contributed by atoms with Gasteiger partial charge in [0.05, 0.1) is 0 Å². The fraction of sp³-hybridized carbons (Fsp3) is 0.500. The van der Waals surface area contributed by atoms with Crippen molar-refractivity contribution in [2.45, 2.75) is 32.2 Å². The molecule has 0 saturated carbocycles. The maximum atomic E-state index is 4.61. The summed E-state index contributed by atoms with van der Waals surface area (Å²) in [7, 11) is 0. The van der Waals surface area contributed by atoms with Gasteiger partial charge in [-0.15, -0.1) is 0 Å². The van der Waals surface area contributed by atoms with E-state index < -0.39 is 0 Å². The molecule has 1 fully saturated rings. The van der Waals surface area contributed by atoms with Gasteiger partial charge in [0.2, 0.25) is 0 Å². The zero-order valence-corrected chi connectivity index (χ0v) is 11.6. The third-order valence-electron chi connectivity index (χ3n) is 3.48. The number of nitrogens with zero attached hydrogens (tertiary/aromatic N) is 4. The molecule has 2 aromatic heterocycles. The Bertz CT molecular complexity index is 561. The number of fused-ring (bicyclic) bond motifs is 1. The van der Waals surface area contributed by atoms with Gasteiger partial charge in [-0.3, -0.25) is 0 Å². The SMILES string of the molecule is CC1(C)CCCN1c1nc(Br)cn2ccnc12. The summed E-state index contributed by atoms with van der Waals surface area (Å²) >= 11 is 3.47.